The van der Waals surface area contributed by atoms with E-state index < -0.39 is 24.5 Å². The molecule has 0 atom stereocenters. The van der Waals surface area contributed by atoms with Crippen molar-refractivity contribution in [2.24, 2.45) is 0 Å². The van der Waals surface area contributed by atoms with Gasteiger partial charge in [-0.05, 0) is 35.4 Å². The lowest BCUT2D eigenvalue weighted by Crippen LogP contribution is -2.28. The molecule has 2 aromatic rings. The molecule has 2 rings (SSSR count). The topological polar surface area (TPSA) is 109 Å². The monoisotopic (exact) mass is 431 g/mol. The number of hydrogen-bond donors (Lipinski definition) is 1. The summed E-state index contributed by atoms with van der Waals surface area (Å²) in [5, 5.41) is 2.64. The van der Waals surface area contributed by atoms with Gasteiger partial charge in [-0.15, -0.1) is 0 Å². The molecule has 1 amide bonds. The zero-order valence-corrected chi connectivity index (χ0v) is 17.9. The molecule has 0 bridgehead atoms. The van der Waals surface area contributed by atoms with Crippen LogP contribution in [0.25, 0.3) is 0 Å². The first-order valence-corrected chi connectivity index (χ1v) is 9.30. The third-order valence-electron chi connectivity index (χ3n) is 4.30. The van der Waals surface area contributed by atoms with E-state index in [2.05, 4.69) is 10.1 Å². The van der Waals surface area contributed by atoms with E-state index in [0.717, 1.165) is 5.56 Å². The van der Waals surface area contributed by atoms with E-state index in [-0.39, 0.29) is 13.0 Å². The predicted octanol–water partition coefficient (Wildman–Crippen LogP) is 1.90. The number of rotatable bonds is 10. The van der Waals surface area contributed by atoms with E-state index in [1.165, 1.54) is 28.4 Å². The molecule has 0 aliphatic carbocycles. The van der Waals surface area contributed by atoms with Crippen LogP contribution < -0.4 is 19.5 Å². The van der Waals surface area contributed by atoms with Crippen LogP contribution in [0.2, 0.25) is 0 Å². The Morgan fingerprint density at radius 3 is 1.97 bits per heavy atom. The highest BCUT2D eigenvalue weighted by Gasteiger charge is 2.16. The van der Waals surface area contributed by atoms with E-state index in [1.54, 1.807) is 36.4 Å². The number of methoxy groups -OCH3 is 4. The number of amides is 1. The van der Waals surface area contributed by atoms with E-state index >= 15 is 0 Å². The Morgan fingerprint density at radius 2 is 1.45 bits per heavy atom. The molecule has 9 nitrogen and oxygen atoms in total. The highest BCUT2D eigenvalue weighted by Crippen LogP contribution is 2.38. The minimum Gasteiger partial charge on any atom is -0.493 e. The number of carbonyl (C=O) groups excluding carboxylic acids is 3. The van der Waals surface area contributed by atoms with Gasteiger partial charge < -0.3 is 29.0 Å². The minimum atomic E-state index is -0.577. The first kappa shape index (κ1) is 23.5. The number of esters is 2. The lowest BCUT2D eigenvalue weighted by atomic mass is 10.1. The number of benzene rings is 2. The van der Waals surface area contributed by atoms with Crippen LogP contribution in [0.1, 0.15) is 21.5 Å². The molecule has 0 spiro atoms. The van der Waals surface area contributed by atoms with Gasteiger partial charge in [0, 0.05) is 6.54 Å². The van der Waals surface area contributed by atoms with Crippen molar-refractivity contribution in [1.82, 2.24) is 5.32 Å². The van der Waals surface area contributed by atoms with Crippen molar-refractivity contribution in [3.8, 4) is 17.2 Å². The first-order valence-electron chi connectivity index (χ1n) is 9.30. The Morgan fingerprint density at radius 1 is 0.839 bits per heavy atom. The average Bonchev–Trinajstić information content (AvgIpc) is 2.80. The Bertz CT molecular complexity index is 899. The molecule has 0 saturated carbocycles. The number of hydrogen-bond acceptors (Lipinski definition) is 8. The molecule has 2 aromatic carbocycles. The molecule has 0 aliphatic heterocycles. The van der Waals surface area contributed by atoms with Gasteiger partial charge in [0.05, 0.1) is 40.4 Å². The molecule has 0 radical (unpaired) electrons. The van der Waals surface area contributed by atoms with Gasteiger partial charge in [-0.3, -0.25) is 9.59 Å². The van der Waals surface area contributed by atoms with Crippen molar-refractivity contribution >= 4 is 17.8 Å². The van der Waals surface area contributed by atoms with Crippen LogP contribution in [-0.4, -0.2) is 52.9 Å². The highest BCUT2D eigenvalue weighted by atomic mass is 16.5. The second-order valence-corrected chi connectivity index (χ2v) is 6.34. The highest BCUT2D eigenvalue weighted by molar-refractivity contribution is 5.89. The lowest BCUT2D eigenvalue weighted by Gasteiger charge is -2.14. The predicted molar refractivity (Wildman–Crippen MR) is 110 cm³/mol. The summed E-state index contributed by atoms with van der Waals surface area (Å²) in [4.78, 5) is 35.5. The fourth-order valence-corrected chi connectivity index (χ4v) is 2.73. The van der Waals surface area contributed by atoms with Gasteiger partial charge in [0.15, 0.2) is 18.1 Å². The summed E-state index contributed by atoms with van der Waals surface area (Å²) < 4.78 is 25.4. The Balaban J connectivity index is 1.84. The maximum absolute atomic E-state index is 12.1. The van der Waals surface area contributed by atoms with E-state index in [9.17, 15) is 14.4 Å². The molecule has 0 aromatic heterocycles. The zero-order chi connectivity index (χ0) is 22.8. The quantitative estimate of drug-likeness (QED) is 0.568. The summed E-state index contributed by atoms with van der Waals surface area (Å²) in [6.07, 6.45) is -0.0705. The molecule has 9 heteroatoms. The van der Waals surface area contributed by atoms with Gasteiger partial charge in [0.25, 0.3) is 5.91 Å². The second-order valence-electron chi connectivity index (χ2n) is 6.34. The molecule has 166 valence electrons. The van der Waals surface area contributed by atoms with Gasteiger partial charge in [-0.2, -0.15) is 0 Å². The molecule has 1 N–H and O–H groups in total. The Kier molecular flexibility index (Phi) is 8.68. The van der Waals surface area contributed by atoms with Crippen LogP contribution in [0.5, 0.6) is 17.2 Å². The van der Waals surface area contributed by atoms with Crippen LogP contribution in [0.15, 0.2) is 36.4 Å². The summed E-state index contributed by atoms with van der Waals surface area (Å²) in [6.45, 7) is -0.186. The molecule has 0 heterocycles. The normalized spacial score (nSPS) is 10.1. The number of carbonyl (C=O) groups is 3. The van der Waals surface area contributed by atoms with Gasteiger partial charge in [0.2, 0.25) is 5.75 Å². The number of ether oxygens (including phenoxy) is 5. The van der Waals surface area contributed by atoms with Gasteiger partial charge in [-0.25, -0.2) is 4.79 Å². The SMILES string of the molecule is COC(=O)c1ccc(CNC(=O)COC(=O)Cc2cc(OC)c(OC)c(OC)c2)cc1. The van der Waals surface area contributed by atoms with Gasteiger partial charge in [-0.1, -0.05) is 12.1 Å². The Labute approximate surface area is 180 Å². The zero-order valence-electron chi connectivity index (χ0n) is 17.9. The third-order valence-corrected chi connectivity index (χ3v) is 4.30. The maximum Gasteiger partial charge on any atom is 0.337 e. The van der Waals surface area contributed by atoms with Crippen LogP contribution in [0.4, 0.5) is 0 Å². The van der Waals surface area contributed by atoms with Crippen molar-refractivity contribution < 1.29 is 38.1 Å². The molecular formula is C22H25NO8. The van der Waals surface area contributed by atoms with Crippen LogP contribution >= 0.6 is 0 Å². The average molecular weight is 431 g/mol. The standard InChI is InChI=1S/C22H25NO8/c1-27-17-9-15(10-18(28-2)21(17)29-3)11-20(25)31-13-19(24)23-12-14-5-7-16(8-6-14)22(26)30-4/h5-10H,11-13H2,1-4H3,(H,23,24). The van der Waals surface area contributed by atoms with E-state index in [4.69, 9.17) is 18.9 Å². The molecule has 0 fully saturated rings. The smallest absolute Gasteiger partial charge is 0.337 e. The second kappa shape index (κ2) is 11.4. The van der Waals surface area contributed by atoms with Crippen LogP contribution in [0, 0.1) is 0 Å². The first-order chi connectivity index (χ1) is 14.9. The fourth-order valence-electron chi connectivity index (χ4n) is 2.73. The van der Waals surface area contributed by atoms with Crippen LogP contribution in [-0.2, 0) is 32.0 Å². The van der Waals surface area contributed by atoms with Gasteiger partial charge >= 0.3 is 11.9 Å². The Hall–Kier alpha value is -3.75. The molecule has 0 saturated heterocycles. The summed E-state index contributed by atoms with van der Waals surface area (Å²) in [5.41, 5.74) is 1.79. The summed E-state index contributed by atoms with van der Waals surface area (Å²) in [7, 11) is 5.75. The maximum atomic E-state index is 12.1. The molecule has 0 aliphatic rings. The lowest BCUT2D eigenvalue weighted by molar-refractivity contribution is -0.147. The molecule has 0 unspecified atom stereocenters. The van der Waals surface area contributed by atoms with Crippen molar-refractivity contribution in [2.45, 2.75) is 13.0 Å². The van der Waals surface area contributed by atoms with E-state index in [0.29, 0.717) is 28.4 Å². The molecule has 31 heavy (non-hydrogen) atoms. The fraction of sp³-hybridized carbons (Fsp3) is 0.318. The third kappa shape index (κ3) is 6.63. The number of nitrogens with one attached hydrogen (secondary N) is 1. The summed E-state index contributed by atoms with van der Waals surface area (Å²) in [5.74, 6) is -0.209. The largest absolute Gasteiger partial charge is 0.493 e. The van der Waals surface area contributed by atoms with Crippen molar-refractivity contribution in [1.29, 1.82) is 0 Å². The van der Waals surface area contributed by atoms with Crippen molar-refractivity contribution in [3.05, 3.63) is 53.1 Å². The van der Waals surface area contributed by atoms with Crippen LogP contribution in [0.3, 0.4) is 0 Å². The van der Waals surface area contributed by atoms with Crippen molar-refractivity contribution in [3.63, 3.8) is 0 Å². The van der Waals surface area contributed by atoms with Gasteiger partial charge in [0.1, 0.15) is 0 Å². The summed E-state index contributed by atoms with van der Waals surface area (Å²) in [6, 6.07) is 9.88. The minimum absolute atomic E-state index is 0.0705. The summed E-state index contributed by atoms with van der Waals surface area (Å²) >= 11 is 0. The van der Waals surface area contributed by atoms with E-state index in [1.807, 2.05) is 0 Å². The molecular weight excluding hydrogens is 406 g/mol. The van der Waals surface area contributed by atoms with Crippen molar-refractivity contribution in [2.75, 3.05) is 35.0 Å².